The molecule has 0 fully saturated rings. The maximum atomic E-state index is 12.4. The van der Waals surface area contributed by atoms with Gasteiger partial charge in [-0.1, -0.05) is 32.0 Å². The van der Waals surface area contributed by atoms with Crippen molar-refractivity contribution in [3.05, 3.63) is 10.4 Å². The van der Waals surface area contributed by atoms with E-state index >= 15 is 0 Å². The molecule has 152 valence electrons. The summed E-state index contributed by atoms with van der Waals surface area (Å²) in [4.78, 5) is 35.5. The first-order valence-corrected chi connectivity index (χ1v) is 11.3. The summed E-state index contributed by atoms with van der Waals surface area (Å²) in [6.45, 7) is 3.87. The molecule has 2 aromatic rings. The van der Waals surface area contributed by atoms with E-state index in [9.17, 15) is 9.59 Å². The molecule has 1 aliphatic carbocycles. The molecule has 0 radical (unpaired) electrons. The maximum absolute atomic E-state index is 12.4. The molecule has 0 aliphatic heterocycles. The van der Waals surface area contributed by atoms with Crippen LogP contribution in [0.1, 0.15) is 43.6 Å². The zero-order valence-electron chi connectivity index (χ0n) is 16.4. The SMILES string of the molecule is CC[C@H](C)[C@H](NC(=O)CSc1nc(N)c2c3c(sc2n1)CCCC3)C(=O)OC. The number of carbonyl (C=O) groups is 2. The van der Waals surface area contributed by atoms with Crippen molar-refractivity contribution in [1.82, 2.24) is 15.3 Å². The van der Waals surface area contributed by atoms with Crippen LogP contribution in [0.25, 0.3) is 10.2 Å². The number of thioether (sulfide) groups is 1. The number of esters is 1. The fourth-order valence-electron chi connectivity index (χ4n) is 3.37. The van der Waals surface area contributed by atoms with Crippen LogP contribution < -0.4 is 11.1 Å². The minimum absolute atomic E-state index is 0.0120. The highest BCUT2D eigenvalue weighted by Crippen LogP contribution is 2.38. The van der Waals surface area contributed by atoms with Crippen LogP contribution in [0.3, 0.4) is 0 Å². The van der Waals surface area contributed by atoms with E-state index in [2.05, 4.69) is 15.3 Å². The monoisotopic (exact) mass is 422 g/mol. The highest BCUT2D eigenvalue weighted by Gasteiger charge is 2.27. The highest BCUT2D eigenvalue weighted by molar-refractivity contribution is 7.99. The molecule has 9 heteroatoms. The maximum Gasteiger partial charge on any atom is 0.328 e. The first-order chi connectivity index (χ1) is 13.4. The smallest absolute Gasteiger partial charge is 0.328 e. The summed E-state index contributed by atoms with van der Waals surface area (Å²) >= 11 is 2.90. The van der Waals surface area contributed by atoms with E-state index in [0.29, 0.717) is 11.0 Å². The summed E-state index contributed by atoms with van der Waals surface area (Å²) in [5.41, 5.74) is 7.51. The molecule has 3 N–H and O–H groups in total. The third-order valence-corrected chi connectivity index (χ3v) is 7.17. The van der Waals surface area contributed by atoms with E-state index in [1.807, 2.05) is 13.8 Å². The molecular formula is C19H26N4O3S2. The first-order valence-electron chi connectivity index (χ1n) is 9.52. The van der Waals surface area contributed by atoms with E-state index in [4.69, 9.17) is 10.5 Å². The summed E-state index contributed by atoms with van der Waals surface area (Å²) in [7, 11) is 1.32. The quantitative estimate of drug-likeness (QED) is 0.401. The Morgan fingerprint density at radius 2 is 2.07 bits per heavy atom. The largest absolute Gasteiger partial charge is 0.467 e. The Morgan fingerprint density at radius 1 is 1.32 bits per heavy atom. The Morgan fingerprint density at radius 3 is 2.79 bits per heavy atom. The highest BCUT2D eigenvalue weighted by atomic mass is 32.2. The molecule has 0 saturated heterocycles. The van der Waals surface area contributed by atoms with Gasteiger partial charge in [-0.15, -0.1) is 11.3 Å². The van der Waals surface area contributed by atoms with Crippen LogP contribution in [-0.2, 0) is 27.2 Å². The van der Waals surface area contributed by atoms with Crippen molar-refractivity contribution in [1.29, 1.82) is 0 Å². The molecule has 28 heavy (non-hydrogen) atoms. The lowest BCUT2D eigenvalue weighted by Gasteiger charge is -2.21. The number of aryl methyl sites for hydroxylation is 2. The number of aromatic nitrogens is 2. The lowest BCUT2D eigenvalue weighted by molar-refractivity contribution is -0.146. The Labute approximate surface area is 172 Å². The molecule has 1 aliphatic rings. The van der Waals surface area contributed by atoms with Crippen molar-refractivity contribution >= 4 is 51.0 Å². The summed E-state index contributed by atoms with van der Waals surface area (Å²) in [5.74, 6) is -0.103. The number of nitrogens with one attached hydrogen (secondary N) is 1. The molecule has 7 nitrogen and oxygen atoms in total. The van der Waals surface area contributed by atoms with Gasteiger partial charge in [0, 0.05) is 4.88 Å². The van der Waals surface area contributed by atoms with Gasteiger partial charge in [0.15, 0.2) is 5.16 Å². The fourth-order valence-corrected chi connectivity index (χ4v) is 5.36. The Kier molecular flexibility index (Phi) is 6.77. The summed E-state index contributed by atoms with van der Waals surface area (Å²) in [6, 6.07) is -0.652. The number of carbonyl (C=O) groups excluding carboxylic acids is 2. The van der Waals surface area contributed by atoms with Crippen molar-refractivity contribution in [2.75, 3.05) is 18.6 Å². The standard InChI is InChI=1S/C19H26N4O3S2/c1-4-10(2)15(18(25)26-3)21-13(24)9-27-19-22-16(20)14-11-7-5-6-8-12(11)28-17(14)23-19/h10,15H,4-9H2,1-3H3,(H,21,24)(H2,20,22,23)/t10-,15-/m0/s1. The molecule has 2 aromatic heterocycles. The van der Waals surface area contributed by atoms with Gasteiger partial charge in [0.1, 0.15) is 16.7 Å². The Hall–Kier alpha value is -1.87. The van der Waals surface area contributed by atoms with E-state index in [-0.39, 0.29) is 17.6 Å². The van der Waals surface area contributed by atoms with E-state index in [0.717, 1.165) is 29.5 Å². The number of thiophene rings is 1. The van der Waals surface area contributed by atoms with Gasteiger partial charge in [0.2, 0.25) is 5.91 Å². The van der Waals surface area contributed by atoms with Crippen LogP contribution in [0.15, 0.2) is 5.16 Å². The van der Waals surface area contributed by atoms with Crippen LogP contribution in [0, 0.1) is 5.92 Å². The average Bonchev–Trinajstić information content (AvgIpc) is 3.08. The number of amides is 1. The predicted molar refractivity (Wildman–Crippen MR) is 113 cm³/mol. The van der Waals surface area contributed by atoms with Crippen molar-refractivity contribution in [3.8, 4) is 0 Å². The second-order valence-corrected chi connectivity index (χ2v) is 9.05. The zero-order chi connectivity index (χ0) is 20.3. The molecule has 2 atom stereocenters. The van der Waals surface area contributed by atoms with Crippen LogP contribution in [0.4, 0.5) is 5.82 Å². The number of ether oxygens (including phenoxy) is 1. The predicted octanol–water partition coefficient (Wildman–Crippen LogP) is 2.95. The van der Waals surface area contributed by atoms with Crippen LogP contribution in [-0.4, -0.2) is 40.7 Å². The normalized spacial score (nSPS) is 15.7. The van der Waals surface area contributed by atoms with Gasteiger partial charge in [-0.25, -0.2) is 14.8 Å². The molecule has 3 rings (SSSR count). The van der Waals surface area contributed by atoms with Gasteiger partial charge in [0.25, 0.3) is 0 Å². The van der Waals surface area contributed by atoms with Crippen molar-refractivity contribution in [2.24, 2.45) is 5.92 Å². The van der Waals surface area contributed by atoms with Crippen LogP contribution >= 0.6 is 23.1 Å². The molecule has 2 heterocycles. The Balaban J connectivity index is 1.69. The molecular weight excluding hydrogens is 396 g/mol. The number of fused-ring (bicyclic) bond motifs is 3. The third-order valence-electron chi connectivity index (χ3n) is 5.14. The molecule has 0 bridgehead atoms. The summed E-state index contributed by atoms with van der Waals surface area (Å²) < 4.78 is 4.80. The number of nitrogen functional groups attached to an aromatic ring is 1. The lowest BCUT2D eigenvalue weighted by atomic mass is 9.97. The summed E-state index contributed by atoms with van der Waals surface area (Å²) in [5, 5.41) is 4.23. The second kappa shape index (κ2) is 9.09. The van der Waals surface area contributed by atoms with Crippen LogP contribution in [0.5, 0.6) is 0 Å². The fraction of sp³-hybridized carbons (Fsp3) is 0.579. The van der Waals surface area contributed by atoms with E-state index < -0.39 is 12.0 Å². The minimum atomic E-state index is -0.652. The Bertz CT molecular complexity index is 884. The number of nitrogens with two attached hydrogens (primary N) is 1. The number of hydrogen-bond donors (Lipinski definition) is 2. The molecule has 0 spiro atoms. The summed E-state index contributed by atoms with van der Waals surface area (Å²) in [6.07, 6.45) is 5.24. The third kappa shape index (κ3) is 4.41. The van der Waals surface area contributed by atoms with Crippen molar-refractivity contribution in [3.63, 3.8) is 0 Å². The molecule has 0 aromatic carbocycles. The van der Waals surface area contributed by atoms with Gasteiger partial charge in [-0.3, -0.25) is 4.79 Å². The van der Waals surface area contributed by atoms with Gasteiger partial charge >= 0.3 is 5.97 Å². The van der Waals surface area contributed by atoms with Crippen molar-refractivity contribution < 1.29 is 14.3 Å². The number of anilines is 1. The van der Waals surface area contributed by atoms with Gasteiger partial charge < -0.3 is 15.8 Å². The molecule has 0 saturated carbocycles. The molecule has 1 amide bonds. The van der Waals surface area contributed by atoms with Gasteiger partial charge in [-0.2, -0.15) is 0 Å². The van der Waals surface area contributed by atoms with Crippen molar-refractivity contribution in [2.45, 2.75) is 57.1 Å². The number of nitrogens with zero attached hydrogens (tertiary/aromatic N) is 2. The lowest BCUT2D eigenvalue weighted by Crippen LogP contribution is -2.46. The minimum Gasteiger partial charge on any atom is -0.467 e. The first kappa shape index (κ1) is 20.9. The average molecular weight is 423 g/mol. The van der Waals surface area contributed by atoms with E-state index in [1.54, 1.807) is 11.3 Å². The van der Waals surface area contributed by atoms with Crippen LogP contribution in [0.2, 0.25) is 0 Å². The number of methoxy groups -OCH3 is 1. The van der Waals surface area contributed by atoms with Gasteiger partial charge in [-0.05, 0) is 37.2 Å². The van der Waals surface area contributed by atoms with E-state index in [1.165, 1.54) is 42.2 Å². The number of rotatable bonds is 7. The zero-order valence-corrected chi connectivity index (χ0v) is 18.0. The topological polar surface area (TPSA) is 107 Å². The number of hydrogen-bond acceptors (Lipinski definition) is 8. The van der Waals surface area contributed by atoms with Gasteiger partial charge in [0.05, 0.1) is 18.2 Å². The molecule has 0 unspecified atom stereocenters. The second-order valence-electron chi connectivity index (χ2n) is 7.03.